The topological polar surface area (TPSA) is 37.3 Å². The van der Waals surface area contributed by atoms with Gasteiger partial charge >= 0.3 is 0 Å². The van der Waals surface area contributed by atoms with Crippen LogP contribution in [0, 0.1) is 13.8 Å². The molecule has 3 rings (SSSR count). The summed E-state index contributed by atoms with van der Waals surface area (Å²) in [5.41, 5.74) is 0. The summed E-state index contributed by atoms with van der Waals surface area (Å²) in [6, 6.07) is 11.6. The molecule has 0 aliphatic carbocycles. The van der Waals surface area contributed by atoms with Crippen LogP contribution >= 0.6 is 34.0 Å². The number of hydrogen-bond donors (Lipinski definition) is 1. The summed E-state index contributed by atoms with van der Waals surface area (Å²) >= 11 is 4.74. The molecule has 25 heavy (non-hydrogen) atoms. The van der Waals surface area contributed by atoms with Gasteiger partial charge in [0, 0.05) is 47.0 Å². The fraction of sp³-hybridized carbons (Fsp3) is 0.167. The molecule has 2 nitrogen and oxygen atoms in total. The molecule has 3 heterocycles. The Bertz CT molecular complexity index is 592. The van der Waals surface area contributed by atoms with Crippen molar-refractivity contribution in [3.8, 4) is 0 Å². The third-order valence-electron chi connectivity index (χ3n) is 2.59. The van der Waals surface area contributed by atoms with E-state index in [4.69, 9.17) is 5.11 Å². The summed E-state index contributed by atoms with van der Waals surface area (Å²) < 4.78 is 0. The normalized spacial score (nSPS) is 9.88. The van der Waals surface area contributed by atoms with Crippen LogP contribution in [0.1, 0.15) is 33.5 Å². The number of thiophene rings is 3. The van der Waals surface area contributed by atoms with Crippen molar-refractivity contribution in [2.75, 3.05) is 0 Å². The van der Waals surface area contributed by atoms with Gasteiger partial charge in [-0.15, -0.1) is 29.1 Å². The summed E-state index contributed by atoms with van der Waals surface area (Å²) in [5, 5.41) is 17.1. The van der Waals surface area contributed by atoms with Crippen LogP contribution in [0.2, 0.25) is 0 Å². The average Bonchev–Trinajstić information content (AvgIpc) is 3.37. The molecule has 3 aromatic heterocycles. The standard InChI is InChI=1S/C7H9OS.C7H7OS.C4H4S.2W/c2*1-2-6(8)7-4-3-5-9-7;1-2-4-5-3-1;;/h3-6,8H,1-2H2;3-5H,1-2H2;1-4H;;/q2*-1;;;. The maximum Gasteiger partial charge on any atom is 0.143 e. The van der Waals surface area contributed by atoms with E-state index in [9.17, 15) is 4.79 Å². The zero-order valence-corrected chi connectivity index (χ0v) is 21.9. The van der Waals surface area contributed by atoms with Crippen LogP contribution in [0.4, 0.5) is 0 Å². The first kappa shape index (κ1) is 27.3. The van der Waals surface area contributed by atoms with E-state index in [-0.39, 0.29) is 54.0 Å². The number of carbonyl (C=O) groups excluding carboxylic acids is 1. The number of rotatable bonds is 4. The van der Waals surface area contributed by atoms with Gasteiger partial charge in [0.05, 0.1) is 11.0 Å². The first-order chi connectivity index (χ1) is 11.2. The average molecular weight is 732 g/mol. The molecule has 0 saturated carbocycles. The Balaban J connectivity index is 0. The third kappa shape index (κ3) is 12.2. The van der Waals surface area contributed by atoms with Gasteiger partial charge in [0.15, 0.2) is 0 Å². The van der Waals surface area contributed by atoms with E-state index in [1.165, 1.54) is 11.3 Å². The first-order valence-electron chi connectivity index (χ1n) is 7.02. The zero-order chi connectivity index (χ0) is 16.9. The maximum absolute atomic E-state index is 10.8. The van der Waals surface area contributed by atoms with Gasteiger partial charge in [-0.25, -0.2) is 0 Å². The van der Waals surface area contributed by atoms with Crippen molar-refractivity contribution in [3.05, 3.63) is 81.5 Å². The van der Waals surface area contributed by atoms with E-state index in [0.717, 1.165) is 9.75 Å². The summed E-state index contributed by atoms with van der Waals surface area (Å²) in [6.45, 7) is 7.10. The number of aliphatic hydroxyl groups excluding tert-OH is 1. The predicted octanol–water partition coefficient (Wildman–Crippen LogP) is 5.90. The van der Waals surface area contributed by atoms with Crippen LogP contribution in [0.15, 0.2) is 57.9 Å². The Kier molecular flexibility index (Phi) is 19.1. The van der Waals surface area contributed by atoms with Gasteiger partial charge in [-0.1, -0.05) is 24.3 Å². The largest absolute Gasteiger partial charge is 0.390 e. The van der Waals surface area contributed by atoms with Crippen molar-refractivity contribution in [2.24, 2.45) is 0 Å². The third-order valence-corrected chi connectivity index (χ3v) is 5.11. The van der Waals surface area contributed by atoms with Crippen LogP contribution < -0.4 is 0 Å². The van der Waals surface area contributed by atoms with Crippen LogP contribution in [-0.2, 0) is 42.1 Å². The van der Waals surface area contributed by atoms with Crippen molar-refractivity contribution in [2.45, 2.75) is 18.9 Å². The van der Waals surface area contributed by atoms with E-state index in [0.29, 0.717) is 12.8 Å². The Morgan fingerprint density at radius 3 is 1.92 bits per heavy atom. The molecule has 0 aliphatic heterocycles. The van der Waals surface area contributed by atoms with Crippen molar-refractivity contribution in [1.82, 2.24) is 0 Å². The second-order valence-corrected chi connectivity index (χ2v) is 7.01. The van der Waals surface area contributed by atoms with Crippen LogP contribution in [0.25, 0.3) is 0 Å². The molecule has 136 valence electrons. The van der Waals surface area contributed by atoms with E-state index < -0.39 is 0 Å². The fourth-order valence-corrected chi connectivity index (χ4v) is 3.30. The molecule has 0 fully saturated rings. The van der Waals surface area contributed by atoms with E-state index in [1.54, 1.807) is 22.7 Å². The quantitative estimate of drug-likeness (QED) is 0.268. The zero-order valence-electron chi connectivity index (χ0n) is 13.6. The number of hydrogen-bond acceptors (Lipinski definition) is 5. The van der Waals surface area contributed by atoms with Gasteiger partial charge in [0.25, 0.3) is 0 Å². The smallest absolute Gasteiger partial charge is 0.143 e. The van der Waals surface area contributed by atoms with Gasteiger partial charge in [-0.3, -0.25) is 4.79 Å². The van der Waals surface area contributed by atoms with E-state index in [2.05, 4.69) is 13.8 Å². The molecule has 7 heteroatoms. The van der Waals surface area contributed by atoms with Gasteiger partial charge in [-0.05, 0) is 33.7 Å². The van der Waals surface area contributed by atoms with Gasteiger partial charge in [0.2, 0.25) is 0 Å². The molecule has 0 saturated heterocycles. The molecule has 0 spiro atoms. The molecule has 1 unspecified atom stereocenters. The van der Waals surface area contributed by atoms with Gasteiger partial charge in [-0.2, -0.15) is 17.8 Å². The molecule has 0 aliphatic rings. The molecular weight excluding hydrogens is 712 g/mol. The number of Topliss-reactive ketones (excluding diaryl/α,β-unsaturated/α-hetero) is 1. The molecular formula is C18H20O2S3W2-2. The molecule has 0 aromatic carbocycles. The molecule has 0 amide bonds. The van der Waals surface area contributed by atoms with Crippen LogP contribution in [0.5, 0.6) is 0 Å². The predicted molar refractivity (Wildman–Crippen MR) is 102 cm³/mol. The summed E-state index contributed by atoms with van der Waals surface area (Å²) in [5.74, 6) is 0.130. The van der Waals surface area contributed by atoms with Crippen molar-refractivity contribution in [3.63, 3.8) is 0 Å². The number of aliphatic hydroxyl groups is 1. The van der Waals surface area contributed by atoms with E-state index >= 15 is 0 Å². The number of ketones is 1. The van der Waals surface area contributed by atoms with E-state index in [1.807, 2.05) is 57.9 Å². The van der Waals surface area contributed by atoms with Gasteiger partial charge in [0.1, 0.15) is 5.78 Å². The van der Waals surface area contributed by atoms with Crippen LogP contribution in [-0.4, -0.2) is 10.9 Å². The molecule has 3 aromatic rings. The Hall–Kier alpha value is 0.107. The van der Waals surface area contributed by atoms with Crippen molar-refractivity contribution in [1.29, 1.82) is 0 Å². The molecule has 0 radical (unpaired) electrons. The summed E-state index contributed by atoms with van der Waals surface area (Å²) in [6.07, 6.45) is 0.561. The first-order valence-corrected chi connectivity index (χ1v) is 9.73. The molecule has 1 atom stereocenters. The second-order valence-electron chi connectivity index (χ2n) is 4.26. The fourth-order valence-electron chi connectivity index (χ4n) is 1.41. The second kappa shape index (κ2) is 17.5. The minimum atomic E-state index is -0.356. The Morgan fingerprint density at radius 2 is 1.56 bits per heavy atom. The number of carbonyl (C=O) groups is 1. The molecule has 1 N–H and O–H groups in total. The van der Waals surface area contributed by atoms with Gasteiger partial charge < -0.3 is 19.0 Å². The van der Waals surface area contributed by atoms with Crippen LogP contribution in [0.3, 0.4) is 0 Å². The minimum Gasteiger partial charge on any atom is -0.390 e. The molecule has 0 bridgehead atoms. The van der Waals surface area contributed by atoms with Crippen molar-refractivity contribution < 1.29 is 52.0 Å². The Morgan fingerprint density at radius 1 is 0.960 bits per heavy atom. The van der Waals surface area contributed by atoms with Crippen molar-refractivity contribution >= 4 is 39.8 Å². The maximum atomic E-state index is 10.8. The SMILES string of the molecule is [CH2-]CC(=O)c1cccs1.[CH2-]CC(O)c1cccs1.[W].[W].c1ccsc1. The Labute approximate surface area is 190 Å². The summed E-state index contributed by atoms with van der Waals surface area (Å²) in [4.78, 5) is 12.6. The monoisotopic (exact) mass is 732 g/mol. The minimum absolute atomic E-state index is 0. The summed E-state index contributed by atoms with van der Waals surface area (Å²) in [7, 11) is 0.